The zero-order chi connectivity index (χ0) is 19.5. The summed E-state index contributed by atoms with van der Waals surface area (Å²) in [5.41, 5.74) is 6.63. The van der Waals surface area contributed by atoms with Crippen LogP contribution in [0.3, 0.4) is 0 Å². The fourth-order valence-corrected chi connectivity index (χ4v) is 4.02. The summed E-state index contributed by atoms with van der Waals surface area (Å²) in [5, 5.41) is 3.95. The summed E-state index contributed by atoms with van der Waals surface area (Å²) in [6, 6.07) is 21.7. The molecule has 0 atom stereocenters. The summed E-state index contributed by atoms with van der Waals surface area (Å²) < 4.78 is 2.37. The third-order valence-electron chi connectivity index (χ3n) is 5.57. The van der Waals surface area contributed by atoms with Crippen molar-refractivity contribution in [2.45, 2.75) is 40.0 Å². The van der Waals surface area contributed by atoms with E-state index in [-0.39, 0.29) is 50.7 Å². The van der Waals surface area contributed by atoms with Crippen LogP contribution in [0.15, 0.2) is 78.4 Å². The van der Waals surface area contributed by atoms with Crippen LogP contribution in [0, 0.1) is 19.9 Å². The van der Waals surface area contributed by atoms with E-state index < -0.39 is 0 Å². The molecule has 0 saturated heterocycles. The van der Waals surface area contributed by atoms with Crippen molar-refractivity contribution in [2.24, 2.45) is 0 Å². The van der Waals surface area contributed by atoms with Gasteiger partial charge in [0.2, 0.25) is 0 Å². The molecule has 3 aromatic carbocycles. The summed E-state index contributed by atoms with van der Waals surface area (Å²) in [6.45, 7) is 6.60. The molecule has 0 bridgehead atoms. The fraction of sp³-hybridized carbons (Fsp3) is 0.222. The fourth-order valence-electron chi connectivity index (χ4n) is 4.02. The normalized spacial score (nSPS) is 11.8. The second-order valence-corrected chi connectivity index (χ2v) is 7.46. The Kier molecular flexibility index (Phi) is 11.1. The van der Waals surface area contributed by atoms with Gasteiger partial charge < -0.3 is 29.4 Å². The van der Waals surface area contributed by atoms with Crippen LogP contribution in [0.5, 0.6) is 0 Å². The summed E-state index contributed by atoms with van der Waals surface area (Å²) in [6.07, 6.45) is 11.1. The third kappa shape index (κ3) is 5.86. The second kappa shape index (κ2) is 12.5. The average Bonchev–Trinajstić information content (AvgIpc) is 3.42. The molecule has 1 heterocycles. The molecule has 158 valence electrons. The van der Waals surface area contributed by atoms with Gasteiger partial charge >= 0.3 is 25.8 Å². The second-order valence-electron chi connectivity index (χ2n) is 7.46. The van der Waals surface area contributed by atoms with Crippen LogP contribution >= 0.6 is 0 Å². The number of nitrogens with zero attached hydrogens (tertiary/aromatic N) is 1. The molecule has 5 rings (SSSR count). The van der Waals surface area contributed by atoms with Gasteiger partial charge in [-0.1, -0.05) is 44.0 Å². The number of rotatable bonds is 3. The summed E-state index contributed by atoms with van der Waals surface area (Å²) in [7, 11) is 0. The van der Waals surface area contributed by atoms with Crippen molar-refractivity contribution >= 4 is 21.7 Å². The van der Waals surface area contributed by atoms with Gasteiger partial charge in [-0.15, -0.1) is 47.5 Å². The molecule has 1 aromatic heterocycles. The molecule has 1 nitrogen and oxygen atoms in total. The van der Waals surface area contributed by atoms with E-state index in [9.17, 15) is 0 Å². The number of allylic oxidation sites excluding steroid dienone is 4. The number of aromatic nitrogens is 1. The van der Waals surface area contributed by atoms with Crippen LogP contribution in [0.4, 0.5) is 0 Å². The number of hydrogen-bond acceptors (Lipinski definition) is 0. The van der Waals surface area contributed by atoms with Gasteiger partial charge in [-0.05, 0) is 31.2 Å². The van der Waals surface area contributed by atoms with Crippen LogP contribution < -0.4 is 24.8 Å². The van der Waals surface area contributed by atoms with Gasteiger partial charge in [0, 0.05) is 11.1 Å². The Labute approximate surface area is 217 Å². The quantitative estimate of drug-likeness (QED) is 0.244. The molecule has 1 aliphatic carbocycles. The molecule has 0 aliphatic heterocycles. The van der Waals surface area contributed by atoms with E-state index in [1.165, 1.54) is 57.0 Å². The molecule has 0 spiro atoms. The Morgan fingerprint density at radius 3 is 2.39 bits per heavy atom. The van der Waals surface area contributed by atoms with Crippen molar-refractivity contribution in [1.29, 1.82) is 0 Å². The topological polar surface area (TPSA) is 4.93 Å². The molecular formula is C27H27Cl2HfN. The Hall–Kier alpha value is -1.48. The summed E-state index contributed by atoms with van der Waals surface area (Å²) in [5.74, 6) is 0. The molecule has 0 radical (unpaired) electrons. The molecule has 0 amide bonds. The standard InChI is InChI=1S/C19H16N.C8H11.2ClH.Hf/c1-13-14(2)20(19-10-6-5-9-18(13)19)17-11-15-7-3-4-8-16(15)12-17;1-2-5-8-6-3-4-7-8;;;/h3-12H,1-2H3;3,6H,2,4-5H2,1H3;2*1H;/q2*-1;;;+4/p-2. The number of halogens is 2. The Morgan fingerprint density at radius 2 is 1.71 bits per heavy atom. The van der Waals surface area contributed by atoms with Gasteiger partial charge in [0.05, 0.1) is 5.52 Å². The van der Waals surface area contributed by atoms with Gasteiger partial charge in [-0.3, -0.25) is 6.08 Å². The Bertz CT molecular complexity index is 1150. The van der Waals surface area contributed by atoms with Gasteiger partial charge in [-0.25, -0.2) is 11.6 Å². The van der Waals surface area contributed by atoms with Crippen LogP contribution in [0.1, 0.15) is 37.4 Å². The van der Waals surface area contributed by atoms with E-state index >= 15 is 0 Å². The van der Waals surface area contributed by atoms with Crippen molar-refractivity contribution in [1.82, 2.24) is 4.57 Å². The molecule has 0 fully saturated rings. The van der Waals surface area contributed by atoms with Crippen LogP contribution in [-0.4, -0.2) is 4.57 Å². The minimum absolute atomic E-state index is 0. The van der Waals surface area contributed by atoms with Crippen molar-refractivity contribution in [3.63, 3.8) is 0 Å². The molecule has 31 heavy (non-hydrogen) atoms. The smallest absolute Gasteiger partial charge is 1.00 e. The van der Waals surface area contributed by atoms with Gasteiger partial charge in [0.25, 0.3) is 0 Å². The largest absolute Gasteiger partial charge is 4.00 e. The number of fused-ring (bicyclic) bond motifs is 2. The molecule has 4 heteroatoms. The van der Waals surface area contributed by atoms with Gasteiger partial charge in [0.1, 0.15) is 0 Å². The molecule has 0 unspecified atom stereocenters. The predicted octanol–water partition coefficient (Wildman–Crippen LogP) is 1.60. The summed E-state index contributed by atoms with van der Waals surface area (Å²) >= 11 is 0. The van der Waals surface area contributed by atoms with E-state index in [1.54, 1.807) is 0 Å². The minimum Gasteiger partial charge on any atom is -1.00 e. The maximum Gasteiger partial charge on any atom is 4.00 e. The predicted molar refractivity (Wildman–Crippen MR) is 121 cm³/mol. The number of para-hydroxylation sites is 1. The van der Waals surface area contributed by atoms with E-state index in [0.717, 1.165) is 6.42 Å². The first kappa shape index (κ1) is 27.6. The first-order valence-electron chi connectivity index (χ1n) is 10.2. The van der Waals surface area contributed by atoms with Crippen LogP contribution in [0.2, 0.25) is 0 Å². The maximum atomic E-state index is 3.26. The number of aryl methyl sites for hydroxylation is 1. The molecule has 4 aromatic rings. The van der Waals surface area contributed by atoms with Gasteiger partial charge in [0.15, 0.2) is 0 Å². The summed E-state index contributed by atoms with van der Waals surface area (Å²) in [4.78, 5) is 0. The Morgan fingerprint density at radius 1 is 1.00 bits per heavy atom. The van der Waals surface area contributed by atoms with Crippen molar-refractivity contribution in [3.05, 3.63) is 95.7 Å². The number of benzene rings is 2. The molecule has 1 aliphatic rings. The zero-order valence-electron chi connectivity index (χ0n) is 18.3. The SMILES string of the molecule is CCCC1=[C-]CC=C1.Cc1c(C)n(-c2cc3ccccc3[cH-]2)c2ccccc12.[Cl-].[Cl-].[Hf+4]. The van der Waals surface area contributed by atoms with E-state index in [0.29, 0.717) is 0 Å². The van der Waals surface area contributed by atoms with E-state index in [1.807, 2.05) is 0 Å². The maximum absolute atomic E-state index is 3.26. The van der Waals surface area contributed by atoms with Crippen molar-refractivity contribution in [2.75, 3.05) is 0 Å². The molecule has 0 N–H and O–H groups in total. The van der Waals surface area contributed by atoms with Crippen LogP contribution in [0.25, 0.3) is 27.4 Å². The third-order valence-corrected chi connectivity index (χ3v) is 5.57. The molecular weight excluding hydrogens is 588 g/mol. The van der Waals surface area contributed by atoms with Gasteiger partial charge in [-0.2, -0.15) is 6.08 Å². The van der Waals surface area contributed by atoms with E-state index in [4.69, 9.17) is 0 Å². The van der Waals surface area contributed by atoms with Crippen LogP contribution in [-0.2, 0) is 25.8 Å². The van der Waals surface area contributed by atoms with E-state index in [2.05, 4.69) is 104 Å². The zero-order valence-corrected chi connectivity index (χ0v) is 23.4. The Balaban J connectivity index is 0.000000378. The monoisotopic (exact) mass is 615 g/mol. The molecule has 0 saturated carbocycles. The first-order chi connectivity index (χ1) is 13.7. The average molecular weight is 615 g/mol. The minimum atomic E-state index is 0. The first-order valence-corrected chi connectivity index (χ1v) is 10.2. The number of hydrogen-bond donors (Lipinski definition) is 0. The van der Waals surface area contributed by atoms with Crippen molar-refractivity contribution in [3.8, 4) is 5.69 Å². The van der Waals surface area contributed by atoms with Crippen molar-refractivity contribution < 1.29 is 50.7 Å².